The number of aromatic nitrogens is 1. The minimum atomic E-state index is -0.0878. The number of hydrogen-bond acceptors (Lipinski definition) is 6. The van der Waals surface area contributed by atoms with Gasteiger partial charge in [0.2, 0.25) is 0 Å². The van der Waals surface area contributed by atoms with Gasteiger partial charge in [0.1, 0.15) is 5.82 Å². The maximum Gasteiger partial charge on any atom is 0.140 e. The van der Waals surface area contributed by atoms with Crippen LogP contribution in [0.3, 0.4) is 0 Å². The summed E-state index contributed by atoms with van der Waals surface area (Å²) in [6.07, 6.45) is 1.65. The van der Waals surface area contributed by atoms with Gasteiger partial charge in [0.25, 0.3) is 0 Å². The summed E-state index contributed by atoms with van der Waals surface area (Å²) >= 11 is 0. The average molecular weight is 252 g/mol. The van der Waals surface area contributed by atoms with Gasteiger partial charge < -0.3 is 15.3 Å². The summed E-state index contributed by atoms with van der Waals surface area (Å²) in [6.45, 7) is 4.38. The van der Waals surface area contributed by atoms with Crippen LogP contribution in [0.1, 0.15) is 12.5 Å². The minimum Gasteiger partial charge on any atom is -0.394 e. The van der Waals surface area contributed by atoms with E-state index in [-0.39, 0.29) is 12.7 Å². The molecule has 2 unspecified atom stereocenters. The Labute approximate surface area is 107 Å². The minimum absolute atomic E-state index is 0.0647. The van der Waals surface area contributed by atoms with Crippen LogP contribution in [0.4, 0.5) is 5.82 Å². The molecule has 2 heterocycles. The Balaban J connectivity index is 2.02. The van der Waals surface area contributed by atoms with Gasteiger partial charge in [-0.25, -0.2) is 10.8 Å². The molecular weight excluding hydrogens is 232 g/mol. The smallest absolute Gasteiger partial charge is 0.140 e. The van der Waals surface area contributed by atoms with Gasteiger partial charge in [0, 0.05) is 25.3 Å². The van der Waals surface area contributed by atoms with E-state index in [1.807, 2.05) is 12.1 Å². The molecule has 6 heteroatoms. The third kappa shape index (κ3) is 3.17. The highest BCUT2D eigenvalue weighted by Gasteiger charge is 2.25. The van der Waals surface area contributed by atoms with Gasteiger partial charge in [0.05, 0.1) is 19.3 Å². The van der Waals surface area contributed by atoms with E-state index in [0.717, 1.165) is 18.7 Å². The van der Waals surface area contributed by atoms with E-state index in [1.54, 1.807) is 6.20 Å². The number of nitrogens with zero attached hydrogens (tertiary/aromatic N) is 2. The fourth-order valence-corrected chi connectivity index (χ4v) is 2.09. The standard InChI is InChI=1S/C12H20N4O2/c1-9-8-18-11(7-17)6-16(9)5-10-2-3-14-12(4-10)15-13/h2-4,9,11,17H,5-8,13H2,1H3,(H,14,15). The van der Waals surface area contributed by atoms with Crippen molar-refractivity contribution in [2.24, 2.45) is 5.84 Å². The summed E-state index contributed by atoms with van der Waals surface area (Å²) in [5.74, 6) is 6.00. The highest BCUT2D eigenvalue weighted by atomic mass is 16.5. The third-order valence-electron chi connectivity index (χ3n) is 3.20. The van der Waals surface area contributed by atoms with Crippen LogP contribution in [0.15, 0.2) is 18.3 Å². The highest BCUT2D eigenvalue weighted by Crippen LogP contribution is 2.16. The Hall–Kier alpha value is -1.21. The Morgan fingerprint density at radius 1 is 1.67 bits per heavy atom. The second-order valence-corrected chi connectivity index (χ2v) is 4.61. The first-order chi connectivity index (χ1) is 8.72. The molecule has 1 aliphatic rings. The van der Waals surface area contributed by atoms with E-state index in [1.165, 1.54) is 0 Å². The molecule has 0 bridgehead atoms. The second-order valence-electron chi connectivity index (χ2n) is 4.61. The predicted octanol–water partition coefficient (Wildman–Crippen LogP) is -0.0512. The first-order valence-corrected chi connectivity index (χ1v) is 6.11. The van der Waals surface area contributed by atoms with E-state index in [4.69, 9.17) is 15.7 Å². The van der Waals surface area contributed by atoms with Gasteiger partial charge >= 0.3 is 0 Å². The topological polar surface area (TPSA) is 83.6 Å². The van der Waals surface area contributed by atoms with Crippen LogP contribution in [0.5, 0.6) is 0 Å². The fourth-order valence-electron chi connectivity index (χ4n) is 2.09. The summed E-state index contributed by atoms with van der Waals surface area (Å²) in [4.78, 5) is 6.37. The molecule has 2 rings (SSSR count). The number of nitrogens with two attached hydrogens (primary N) is 1. The number of aliphatic hydroxyl groups is 1. The lowest BCUT2D eigenvalue weighted by atomic mass is 10.1. The Bertz CT molecular complexity index is 388. The summed E-state index contributed by atoms with van der Waals surface area (Å²) in [6, 6.07) is 4.24. The molecule has 0 spiro atoms. The molecular formula is C12H20N4O2. The van der Waals surface area contributed by atoms with E-state index >= 15 is 0 Å². The molecule has 0 radical (unpaired) electrons. The molecule has 6 nitrogen and oxygen atoms in total. The van der Waals surface area contributed by atoms with Crippen LogP contribution in [-0.4, -0.2) is 46.9 Å². The maximum atomic E-state index is 9.16. The predicted molar refractivity (Wildman–Crippen MR) is 68.7 cm³/mol. The van der Waals surface area contributed by atoms with Crippen molar-refractivity contribution in [1.82, 2.24) is 9.88 Å². The summed E-state index contributed by atoms with van der Waals surface area (Å²) in [5, 5.41) is 9.16. The fraction of sp³-hybridized carbons (Fsp3) is 0.583. The van der Waals surface area contributed by atoms with Gasteiger partial charge in [-0.2, -0.15) is 0 Å². The number of pyridine rings is 1. The van der Waals surface area contributed by atoms with Crippen molar-refractivity contribution in [2.75, 3.05) is 25.2 Å². The third-order valence-corrected chi connectivity index (χ3v) is 3.20. The number of hydrogen-bond donors (Lipinski definition) is 3. The van der Waals surface area contributed by atoms with Crippen molar-refractivity contribution in [3.63, 3.8) is 0 Å². The normalized spacial score (nSPS) is 25.1. The SMILES string of the molecule is CC1COC(CO)CN1Cc1ccnc(NN)c1. The molecule has 100 valence electrons. The van der Waals surface area contributed by atoms with Crippen molar-refractivity contribution < 1.29 is 9.84 Å². The number of nitrogens with one attached hydrogen (secondary N) is 1. The van der Waals surface area contributed by atoms with Gasteiger partial charge in [0.15, 0.2) is 0 Å². The van der Waals surface area contributed by atoms with Crippen LogP contribution < -0.4 is 11.3 Å². The number of nitrogen functional groups attached to an aromatic ring is 1. The molecule has 0 saturated carbocycles. The summed E-state index contributed by atoms with van der Waals surface area (Å²) in [5.41, 5.74) is 3.68. The molecule has 1 saturated heterocycles. The molecule has 1 aromatic heterocycles. The van der Waals surface area contributed by atoms with Crippen LogP contribution >= 0.6 is 0 Å². The zero-order chi connectivity index (χ0) is 13.0. The Morgan fingerprint density at radius 2 is 2.50 bits per heavy atom. The first-order valence-electron chi connectivity index (χ1n) is 6.11. The monoisotopic (exact) mass is 252 g/mol. The highest BCUT2D eigenvalue weighted by molar-refractivity contribution is 5.35. The zero-order valence-electron chi connectivity index (χ0n) is 10.5. The Morgan fingerprint density at radius 3 is 3.22 bits per heavy atom. The van der Waals surface area contributed by atoms with E-state index in [9.17, 15) is 0 Å². The lowest BCUT2D eigenvalue weighted by Gasteiger charge is -2.37. The molecule has 4 N–H and O–H groups in total. The molecule has 1 aliphatic heterocycles. The lowest BCUT2D eigenvalue weighted by Crippen LogP contribution is -2.48. The zero-order valence-corrected chi connectivity index (χ0v) is 10.5. The van der Waals surface area contributed by atoms with Crippen molar-refractivity contribution in [2.45, 2.75) is 25.6 Å². The number of aliphatic hydroxyl groups excluding tert-OH is 1. The molecule has 1 aromatic rings. The largest absolute Gasteiger partial charge is 0.394 e. The second kappa shape index (κ2) is 6.10. The molecule has 0 aliphatic carbocycles. The number of rotatable bonds is 4. The lowest BCUT2D eigenvalue weighted by molar-refractivity contribution is -0.0805. The van der Waals surface area contributed by atoms with E-state index in [2.05, 4.69) is 22.2 Å². The molecule has 0 amide bonds. The number of ether oxygens (including phenoxy) is 1. The van der Waals surface area contributed by atoms with Gasteiger partial charge in [-0.1, -0.05) is 0 Å². The summed E-state index contributed by atoms with van der Waals surface area (Å²) < 4.78 is 5.52. The molecule has 2 atom stereocenters. The average Bonchev–Trinajstić information content (AvgIpc) is 2.41. The Kier molecular flexibility index (Phi) is 4.48. The van der Waals surface area contributed by atoms with Gasteiger partial charge in [-0.15, -0.1) is 0 Å². The quantitative estimate of drug-likeness (QED) is 0.515. The van der Waals surface area contributed by atoms with Gasteiger partial charge in [-0.05, 0) is 24.6 Å². The van der Waals surface area contributed by atoms with Crippen molar-refractivity contribution >= 4 is 5.82 Å². The van der Waals surface area contributed by atoms with E-state index in [0.29, 0.717) is 18.5 Å². The van der Waals surface area contributed by atoms with Crippen LogP contribution in [0, 0.1) is 0 Å². The first kappa shape index (κ1) is 13.2. The summed E-state index contributed by atoms with van der Waals surface area (Å²) in [7, 11) is 0. The maximum absolute atomic E-state index is 9.16. The van der Waals surface area contributed by atoms with E-state index < -0.39 is 0 Å². The number of anilines is 1. The van der Waals surface area contributed by atoms with Crippen molar-refractivity contribution in [1.29, 1.82) is 0 Å². The van der Waals surface area contributed by atoms with Crippen LogP contribution in [0.2, 0.25) is 0 Å². The molecule has 0 aromatic carbocycles. The number of hydrazine groups is 1. The molecule has 18 heavy (non-hydrogen) atoms. The van der Waals surface area contributed by atoms with Crippen LogP contribution in [-0.2, 0) is 11.3 Å². The van der Waals surface area contributed by atoms with Crippen LogP contribution in [0.25, 0.3) is 0 Å². The molecule has 1 fully saturated rings. The van der Waals surface area contributed by atoms with Gasteiger partial charge in [-0.3, -0.25) is 4.90 Å². The van der Waals surface area contributed by atoms with Crippen molar-refractivity contribution in [3.05, 3.63) is 23.9 Å². The van der Waals surface area contributed by atoms with Crippen molar-refractivity contribution in [3.8, 4) is 0 Å². The number of morpholine rings is 1.